The zero-order valence-electron chi connectivity index (χ0n) is 12.2. The molecule has 0 aliphatic rings. The van der Waals surface area contributed by atoms with Crippen molar-refractivity contribution in [3.05, 3.63) is 72.4 Å². The number of hydrogen-bond acceptors (Lipinski definition) is 2. The number of halogens is 2. The van der Waals surface area contributed by atoms with Gasteiger partial charge in [0.15, 0.2) is 0 Å². The second kappa shape index (κ2) is 6.12. The molecule has 0 radical (unpaired) electrons. The molecule has 0 fully saturated rings. The topological polar surface area (TPSA) is 42.0 Å². The lowest BCUT2D eigenvalue weighted by atomic mass is 10.1. The van der Waals surface area contributed by atoms with E-state index in [4.69, 9.17) is 0 Å². The number of amides is 1. The lowest BCUT2D eigenvalue weighted by Gasteiger charge is -2.16. The molecule has 1 N–H and O–H groups in total. The Morgan fingerprint density at radius 3 is 2.52 bits per heavy atom. The van der Waals surface area contributed by atoms with Crippen molar-refractivity contribution in [3.8, 4) is 0 Å². The van der Waals surface area contributed by atoms with Gasteiger partial charge in [-0.1, -0.05) is 48.5 Å². The van der Waals surface area contributed by atoms with Crippen molar-refractivity contribution >= 4 is 22.5 Å². The maximum absolute atomic E-state index is 14.1. The SMILES string of the molecule is O=C(Nc1cnc2ccccc2c1)C(F)(F)Cc1ccccc1. The van der Waals surface area contributed by atoms with Crippen LogP contribution in [0.4, 0.5) is 14.5 Å². The Balaban J connectivity index is 1.76. The van der Waals surface area contributed by atoms with E-state index in [-0.39, 0.29) is 5.69 Å². The van der Waals surface area contributed by atoms with Gasteiger partial charge in [-0.25, -0.2) is 0 Å². The van der Waals surface area contributed by atoms with Crippen LogP contribution in [0, 0.1) is 0 Å². The fraction of sp³-hybridized carbons (Fsp3) is 0.111. The highest BCUT2D eigenvalue weighted by atomic mass is 19.3. The highest BCUT2D eigenvalue weighted by molar-refractivity contribution is 5.97. The molecule has 5 heteroatoms. The first-order valence-electron chi connectivity index (χ1n) is 7.13. The second-order valence-corrected chi connectivity index (χ2v) is 5.24. The molecule has 23 heavy (non-hydrogen) atoms. The van der Waals surface area contributed by atoms with E-state index in [0.29, 0.717) is 5.56 Å². The second-order valence-electron chi connectivity index (χ2n) is 5.24. The quantitative estimate of drug-likeness (QED) is 0.789. The Kier molecular flexibility index (Phi) is 4.02. The molecule has 1 amide bonds. The predicted molar refractivity (Wildman–Crippen MR) is 85.5 cm³/mol. The molecule has 0 saturated heterocycles. The van der Waals surface area contributed by atoms with Crippen LogP contribution < -0.4 is 5.32 Å². The number of alkyl halides is 2. The summed E-state index contributed by atoms with van der Waals surface area (Å²) < 4.78 is 28.1. The van der Waals surface area contributed by atoms with Gasteiger partial charge in [0.05, 0.1) is 17.4 Å². The summed E-state index contributed by atoms with van der Waals surface area (Å²) >= 11 is 0. The van der Waals surface area contributed by atoms with Gasteiger partial charge in [-0.3, -0.25) is 9.78 Å². The normalized spacial score (nSPS) is 11.4. The smallest absolute Gasteiger partial charge is 0.319 e. The molecule has 116 valence electrons. The van der Waals surface area contributed by atoms with Crippen LogP contribution in [0.15, 0.2) is 66.9 Å². The zero-order chi connectivity index (χ0) is 16.3. The van der Waals surface area contributed by atoms with E-state index < -0.39 is 18.3 Å². The molecule has 0 spiro atoms. The molecule has 0 bridgehead atoms. The number of aromatic nitrogens is 1. The molecule has 3 nitrogen and oxygen atoms in total. The molecule has 1 aromatic heterocycles. The van der Waals surface area contributed by atoms with Gasteiger partial charge >= 0.3 is 5.92 Å². The fourth-order valence-electron chi connectivity index (χ4n) is 2.29. The third-order valence-electron chi connectivity index (χ3n) is 3.45. The predicted octanol–water partition coefficient (Wildman–Crippen LogP) is 4.05. The third kappa shape index (κ3) is 3.51. The van der Waals surface area contributed by atoms with E-state index in [9.17, 15) is 13.6 Å². The lowest BCUT2D eigenvalue weighted by molar-refractivity contribution is -0.139. The number of hydrogen-bond donors (Lipinski definition) is 1. The summed E-state index contributed by atoms with van der Waals surface area (Å²) in [5.41, 5.74) is 1.40. The van der Waals surface area contributed by atoms with Crippen LogP contribution in [-0.2, 0) is 11.2 Å². The molecule has 2 aromatic carbocycles. The summed E-state index contributed by atoms with van der Waals surface area (Å²) in [7, 11) is 0. The maximum atomic E-state index is 14.1. The first kappa shape index (κ1) is 15.1. The van der Waals surface area contributed by atoms with Crippen molar-refractivity contribution in [3.63, 3.8) is 0 Å². The number of carbonyl (C=O) groups excluding carboxylic acids is 1. The standard InChI is InChI=1S/C18H14F2N2O/c19-18(20,11-13-6-2-1-3-7-13)17(23)22-15-10-14-8-4-5-9-16(14)21-12-15/h1-10,12H,11H2,(H,22,23). The average Bonchev–Trinajstić information content (AvgIpc) is 2.55. The number of nitrogens with one attached hydrogen (secondary N) is 1. The van der Waals surface area contributed by atoms with Gasteiger partial charge in [0.1, 0.15) is 0 Å². The van der Waals surface area contributed by atoms with Crippen LogP contribution in [-0.4, -0.2) is 16.8 Å². The van der Waals surface area contributed by atoms with Gasteiger partial charge < -0.3 is 5.32 Å². The number of anilines is 1. The van der Waals surface area contributed by atoms with Crippen LogP contribution in [0.1, 0.15) is 5.56 Å². The molecule has 0 unspecified atom stereocenters. The van der Waals surface area contributed by atoms with Crippen molar-refractivity contribution in [1.29, 1.82) is 0 Å². The number of rotatable bonds is 4. The van der Waals surface area contributed by atoms with E-state index in [2.05, 4.69) is 10.3 Å². The number of benzene rings is 2. The van der Waals surface area contributed by atoms with Crippen molar-refractivity contribution < 1.29 is 13.6 Å². The van der Waals surface area contributed by atoms with Crippen LogP contribution in [0.25, 0.3) is 10.9 Å². The van der Waals surface area contributed by atoms with E-state index in [0.717, 1.165) is 10.9 Å². The summed E-state index contributed by atoms with van der Waals surface area (Å²) in [4.78, 5) is 16.0. The minimum absolute atomic E-state index is 0.251. The monoisotopic (exact) mass is 312 g/mol. The minimum Gasteiger partial charge on any atom is -0.319 e. The van der Waals surface area contributed by atoms with Gasteiger partial charge in [0.2, 0.25) is 0 Å². The highest BCUT2D eigenvalue weighted by Crippen LogP contribution is 2.23. The van der Waals surface area contributed by atoms with Crippen LogP contribution in [0.2, 0.25) is 0 Å². The molecule has 0 saturated carbocycles. The number of carbonyl (C=O) groups is 1. The van der Waals surface area contributed by atoms with E-state index in [1.54, 1.807) is 42.5 Å². The number of nitrogens with zero attached hydrogens (tertiary/aromatic N) is 1. The summed E-state index contributed by atoms with van der Waals surface area (Å²) in [6.07, 6.45) is 0.736. The molecule has 3 rings (SSSR count). The number of pyridine rings is 1. The lowest BCUT2D eigenvalue weighted by Crippen LogP contribution is -2.36. The number of para-hydroxylation sites is 1. The van der Waals surface area contributed by atoms with Gasteiger partial charge in [-0.15, -0.1) is 0 Å². The van der Waals surface area contributed by atoms with E-state index >= 15 is 0 Å². The molecular weight excluding hydrogens is 298 g/mol. The molecule has 0 aliphatic heterocycles. The fourth-order valence-corrected chi connectivity index (χ4v) is 2.29. The van der Waals surface area contributed by atoms with Gasteiger partial charge in [0, 0.05) is 11.8 Å². The Morgan fingerprint density at radius 1 is 1.04 bits per heavy atom. The Labute approximate surface area is 132 Å². The molecule has 1 heterocycles. The van der Waals surface area contributed by atoms with Crippen molar-refractivity contribution in [2.75, 3.05) is 5.32 Å². The summed E-state index contributed by atoms with van der Waals surface area (Å²) in [6, 6.07) is 17.1. The first-order valence-corrected chi connectivity index (χ1v) is 7.13. The molecule has 3 aromatic rings. The van der Waals surface area contributed by atoms with Crippen LogP contribution in [0.5, 0.6) is 0 Å². The summed E-state index contributed by atoms with van der Waals surface area (Å²) in [6.45, 7) is 0. The maximum Gasteiger partial charge on any atom is 0.328 e. The minimum atomic E-state index is -3.49. The van der Waals surface area contributed by atoms with Crippen molar-refractivity contribution in [2.24, 2.45) is 0 Å². The van der Waals surface area contributed by atoms with Crippen LogP contribution >= 0.6 is 0 Å². The van der Waals surface area contributed by atoms with Gasteiger partial charge in [0.25, 0.3) is 5.91 Å². The van der Waals surface area contributed by atoms with Crippen molar-refractivity contribution in [2.45, 2.75) is 12.3 Å². The average molecular weight is 312 g/mol. The Morgan fingerprint density at radius 2 is 1.74 bits per heavy atom. The highest BCUT2D eigenvalue weighted by Gasteiger charge is 2.38. The number of fused-ring (bicyclic) bond motifs is 1. The Bertz CT molecular complexity index is 835. The van der Waals surface area contributed by atoms with Gasteiger partial charge in [-0.2, -0.15) is 8.78 Å². The summed E-state index contributed by atoms with van der Waals surface area (Å²) in [5.74, 6) is -4.83. The largest absolute Gasteiger partial charge is 0.328 e. The van der Waals surface area contributed by atoms with Crippen LogP contribution in [0.3, 0.4) is 0 Å². The molecular formula is C18H14F2N2O. The first-order chi connectivity index (χ1) is 11.0. The molecule has 0 aliphatic carbocycles. The van der Waals surface area contributed by atoms with E-state index in [1.165, 1.54) is 6.20 Å². The van der Waals surface area contributed by atoms with E-state index in [1.807, 2.05) is 18.2 Å². The van der Waals surface area contributed by atoms with Crippen molar-refractivity contribution in [1.82, 2.24) is 4.98 Å². The zero-order valence-corrected chi connectivity index (χ0v) is 12.2. The molecule has 0 atom stereocenters. The Hall–Kier alpha value is -2.82. The van der Waals surface area contributed by atoms with Gasteiger partial charge in [-0.05, 0) is 17.7 Å². The summed E-state index contributed by atoms with van der Waals surface area (Å²) in [5, 5.41) is 3.02. The third-order valence-corrected chi connectivity index (χ3v) is 3.45.